The van der Waals surface area contributed by atoms with Gasteiger partial charge in [-0.15, -0.1) is 24.8 Å². The third-order valence-corrected chi connectivity index (χ3v) is 5.65. The van der Waals surface area contributed by atoms with Gasteiger partial charge in [-0.25, -0.2) is 0 Å². The molecule has 1 fully saturated rings. The zero-order chi connectivity index (χ0) is 16.2. The zero-order valence-corrected chi connectivity index (χ0v) is 16.6. The molecule has 0 radical (unpaired) electrons. The van der Waals surface area contributed by atoms with Crippen LogP contribution in [0.2, 0.25) is 0 Å². The van der Waals surface area contributed by atoms with Crippen LogP contribution in [0.3, 0.4) is 0 Å². The van der Waals surface area contributed by atoms with Crippen LogP contribution in [0.1, 0.15) is 37.3 Å². The fraction of sp³-hybridized carbons (Fsp3) is 0.632. The molecule has 25 heavy (non-hydrogen) atoms. The van der Waals surface area contributed by atoms with Crippen molar-refractivity contribution >= 4 is 30.7 Å². The van der Waals surface area contributed by atoms with Gasteiger partial charge >= 0.3 is 0 Å². The summed E-state index contributed by atoms with van der Waals surface area (Å²) in [5, 5.41) is 3.17. The average Bonchev–Trinajstić information content (AvgIpc) is 3.07. The van der Waals surface area contributed by atoms with Gasteiger partial charge in [0.1, 0.15) is 0 Å². The fourth-order valence-corrected chi connectivity index (χ4v) is 4.07. The lowest BCUT2D eigenvalue weighted by molar-refractivity contribution is -0.126. The molecule has 3 N–H and O–H groups in total. The number of nitrogens with two attached hydrogens (primary N) is 1. The van der Waals surface area contributed by atoms with Gasteiger partial charge in [-0.05, 0) is 49.8 Å². The Kier molecular flexibility index (Phi) is 9.22. The van der Waals surface area contributed by atoms with Crippen LogP contribution < -0.4 is 11.1 Å². The second kappa shape index (κ2) is 10.4. The molecule has 1 aliphatic carbocycles. The standard InChI is InChI=1S/C19H29N3O.2ClH/c1-14(12-21-19(23)18-8-4-7-16(18)11-20)22-10-9-15-5-2-3-6-17(15)13-22;;/h2-3,5-6,14,16,18H,4,7-13,20H2,1H3,(H,21,23);2*1H/t14?,16-,18-;;/m1../s1. The van der Waals surface area contributed by atoms with Gasteiger partial charge in [0, 0.05) is 31.6 Å². The molecule has 1 aromatic rings. The highest BCUT2D eigenvalue weighted by atomic mass is 35.5. The molecule has 1 unspecified atom stereocenters. The van der Waals surface area contributed by atoms with Crippen molar-refractivity contribution in [3.8, 4) is 0 Å². The topological polar surface area (TPSA) is 58.4 Å². The number of hydrogen-bond donors (Lipinski definition) is 2. The number of amides is 1. The number of nitrogens with zero attached hydrogens (tertiary/aromatic N) is 1. The summed E-state index contributed by atoms with van der Waals surface area (Å²) in [5.41, 5.74) is 8.69. The third kappa shape index (κ3) is 5.33. The van der Waals surface area contributed by atoms with E-state index in [1.54, 1.807) is 0 Å². The van der Waals surface area contributed by atoms with Crippen molar-refractivity contribution in [3.05, 3.63) is 35.4 Å². The fourth-order valence-electron chi connectivity index (χ4n) is 4.07. The van der Waals surface area contributed by atoms with Crippen molar-refractivity contribution in [3.63, 3.8) is 0 Å². The Hall–Kier alpha value is -0.810. The first kappa shape index (κ1) is 22.2. The second-order valence-corrected chi connectivity index (χ2v) is 7.12. The van der Waals surface area contributed by atoms with Gasteiger partial charge in [0.05, 0.1) is 0 Å². The Balaban J connectivity index is 0.00000156. The van der Waals surface area contributed by atoms with Gasteiger partial charge in [0.15, 0.2) is 0 Å². The molecule has 1 saturated carbocycles. The maximum absolute atomic E-state index is 12.4. The van der Waals surface area contributed by atoms with Crippen LogP contribution in [-0.2, 0) is 17.8 Å². The monoisotopic (exact) mass is 387 g/mol. The van der Waals surface area contributed by atoms with Crippen molar-refractivity contribution in [1.29, 1.82) is 0 Å². The molecule has 1 aliphatic heterocycles. The van der Waals surface area contributed by atoms with Crippen LogP contribution >= 0.6 is 24.8 Å². The highest BCUT2D eigenvalue weighted by Gasteiger charge is 2.32. The number of carbonyl (C=O) groups excluding carboxylic acids is 1. The summed E-state index contributed by atoms with van der Waals surface area (Å²) in [6, 6.07) is 9.05. The average molecular weight is 388 g/mol. The molecule has 1 heterocycles. The lowest BCUT2D eigenvalue weighted by atomic mass is 9.95. The first-order valence-electron chi connectivity index (χ1n) is 8.97. The molecule has 0 bridgehead atoms. The van der Waals surface area contributed by atoms with Crippen molar-refractivity contribution in [2.24, 2.45) is 17.6 Å². The molecule has 0 spiro atoms. The molecule has 3 atom stereocenters. The Labute approximate surface area is 163 Å². The molecule has 0 aromatic heterocycles. The van der Waals surface area contributed by atoms with Crippen LogP contribution in [0, 0.1) is 11.8 Å². The first-order valence-corrected chi connectivity index (χ1v) is 8.97. The molecule has 4 nitrogen and oxygen atoms in total. The molecule has 1 amide bonds. The van der Waals surface area contributed by atoms with Gasteiger partial charge in [-0.1, -0.05) is 30.7 Å². The van der Waals surface area contributed by atoms with E-state index in [-0.39, 0.29) is 36.6 Å². The van der Waals surface area contributed by atoms with E-state index in [1.165, 1.54) is 11.1 Å². The number of halogens is 2. The van der Waals surface area contributed by atoms with Gasteiger partial charge in [0.2, 0.25) is 5.91 Å². The Bertz CT molecular complexity index is 555. The number of benzene rings is 1. The van der Waals surface area contributed by atoms with Crippen molar-refractivity contribution in [2.75, 3.05) is 19.6 Å². The van der Waals surface area contributed by atoms with E-state index >= 15 is 0 Å². The van der Waals surface area contributed by atoms with Crippen LogP contribution in [-0.4, -0.2) is 36.5 Å². The molecule has 2 aliphatic rings. The van der Waals surface area contributed by atoms with Crippen LogP contribution in [0.5, 0.6) is 0 Å². The quantitative estimate of drug-likeness (QED) is 0.816. The summed E-state index contributed by atoms with van der Waals surface area (Å²) in [6.07, 6.45) is 4.34. The van der Waals surface area contributed by atoms with Gasteiger partial charge in [-0.2, -0.15) is 0 Å². The first-order chi connectivity index (χ1) is 11.2. The maximum atomic E-state index is 12.4. The lowest BCUT2D eigenvalue weighted by Crippen LogP contribution is -2.46. The molecule has 142 valence electrons. The van der Waals surface area contributed by atoms with E-state index in [0.717, 1.165) is 45.3 Å². The third-order valence-electron chi connectivity index (χ3n) is 5.65. The van der Waals surface area contributed by atoms with E-state index in [4.69, 9.17) is 5.73 Å². The minimum atomic E-state index is 0. The van der Waals surface area contributed by atoms with E-state index in [2.05, 4.69) is 41.4 Å². The lowest BCUT2D eigenvalue weighted by Gasteiger charge is -2.34. The molecular weight excluding hydrogens is 357 g/mol. The molecule has 1 aromatic carbocycles. The van der Waals surface area contributed by atoms with Crippen LogP contribution in [0.15, 0.2) is 24.3 Å². The summed E-state index contributed by atoms with van der Waals surface area (Å²) in [6.45, 7) is 5.64. The summed E-state index contributed by atoms with van der Waals surface area (Å²) in [7, 11) is 0. The summed E-state index contributed by atoms with van der Waals surface area (Å²) in [4.78, 5) is 14.9. The predicted molar refractivity (Wildman–Crippen MR) is 107 cm³/mol. The van der Waals surface area contributed by atoms with E-state index in [0.29, 0.717) is 18.5 Å². The molecule has 0 saturated heterocycles. The largest absolute Gasteiger partial charge is 0.354 e. The number of hydrogen-bond acceptors (Lipinski definition) is 3. The van der Waals surface area contributed by atoms with E-state index < -0.39 is 0 Å². The molecule has 3 rings (SSSR count). The highest BCUT2D eigenvalue weighted by molar-refractivity contribution is 5.85. The van der Waals surface area contributed by atoms with Crippen LogP contribution in [0.4, 0.5) is 0 Å². The Morgan fingerprint density at radius 1 is 1.28 bits per heavy atom. The number of fused-ring (bicyclic) bond motifs is 1. The Morgan fingerprint density at radius 3 is 2.72 bits per heavy atom. The molecule has 6 heteroatoms. The number of carbonyl (C=O) groups is 1. The van der Waals surface area contributed by atoms with Gasteiger partial charge in [0.25, 0.3) is 0 Å². The van der Waals surface area contributed by atoms with Crippen molar-refractivity contribution < 1.29 is 4.79 Å². The normalized spacial score (nSPS) is 23.8. The Morgan fingerprint density at radius 2 is 2.00 bits per heavy atom. The number of rotatable bonds is 5. The smallest absolute Gasteiger partial charge is 0.223 e. The highest BCUT2D eigenvalue weighted by Crippen LogP contribution is 2.31. The molecular formula is C19H31Cl2N3O. The van der Waals surface area contributed by atoms with Crippen molar-refractivity contribution in [2.45, 2.75) is 45.2 Å². The van der Waals surface area contributed by atoms with Gasteiger partial charge in [-0.3, -0.25) is 9.69 Å². The summed E-state index contributed by atoms with van der Waals surface area (Å²) < 4.78 is 0. The second-order valence-electron chi connectivity index (χ2n) is 7.12. The summed E-state index contributed by atoms with van der Waals surface area (Å²) >= 11 is 0. The van der Waals surface area contributed by atoms with E-state index in [9.17, 15) is 4.79 Å². The number of nitrogens with one attached hydrogen (secondary N) is 1. The van der Waals surface area contributed by atoms with E-state index in [1.807, 2.05) is 0 Å². The maximum Gasteiger partial charge on any atom is 0.223 e. The van der Waals surface area contributed by atoms with Crippen LogP contribution in [0.25, 0.3) is 0 Å². The summed E-state index contributed by atoms with van der Waals surface area (Å²) in [5.74, 6) is 0.726. The van der Waals surface area contributed by atoms with Gasteiger partial charge < -0.3 is 11.1 Å². The minimum absolute atomic E-state index is 0. The van der Waals surface area contributed by atoms with Crippen molar-refractivity contribution in [1.82, 2.24) is 10.2 Å². The zero-order valence-electron chi connectivity index (χ0n) is 14.9. The SMILES string of the molecule is CC(CNC(=O)[C@@H]1CCC[C@@H]1CN)N1CCc2ccccc2C1.Cl.Cl. The minimum Gasteiger partial charge on any atom is -0.354 e. The predicted octanol–water partition coefficient (Wildman–Crippen LogP) is 2.77.